The van der Waals surface area contributed by atoms with E-state index >= 15 is 0 Å². The van der Waals surface area contributed by atoms with Crippen molar-refractivity contribution in [3.63, 3.8) is 0 Å². The number of hydrogen-bond donors (Lipinski definition) is 1. The molecule has 0 aliphatic carbocycles. The van der Waals surface area contributed by atoms with Gasteiger partial charge in [0.1, 0.15) is 19.0 Å². The van der Waals surface area contributed by atoms with Gasteiger partial charge in [-0.2, -0.15) is 0 Å². The molecule has 1 amide bonds. The van der Waals surface area contributed by atoms with Crippen LogP contribution in [0.25, 0.3) is 11.3 Å². The maximum atomic E-state index is 12.4. The van der Waals surface area contributed by atoms with Crippen molar-refractivity contribution in [2.24, 2.45) is 0 Å². The van der Waals surface area contributed by atoms with E-state index in [1.165, 1.54) is 11.3 Å². The monoisotopic (exact) mass is 396 g/mol. The number of anilines is 1. The number of ether oxygens (including phenoxy) is 3. The number of carbonyl (C=O) groups excluding carboxylic acids is 1. The first-order valence-electron chi connectivity index (χ1n) is 8.98. The number of fused-ring (bicyclic) bond motifs is 1. The highest BCUT2D eigenvalue weighted by atomic mass is 32.1. The predicted molar refractivity (Wildman–Crippen MR) is 108 cm³/mol. The van der Waals surface area contributed by atoms with Crippen molar-refractivity contribution in [1.29, 1.82) is 0 Å². The van der Waals surface area contributed by atoms with E-state index in [0.29, 0.717) is 29.8 Å². The normalized spacial score (nSPS) is 13.6. The molecule has 1 atom stereocenters. The van der Waals surface area contributed by atoms with Crippen LogP contribution in [0, 0.1) is 6.92 Å². The number of nitrogens with one attached hydrogen (secondary N) is 1. The second-order valence-electron chi connectivity index (χ2n) is 6.46. The second kappa shape index (κ2) is 7.90. The quantitative estimate of drug-likeness (QED) is 0.696. The summed E-state index contributed by atoms with van der Waals surface area (Å²) in [7, 11) is 0. The Morgan fingerprint density at radius 2 is 1.89 bits per heavy atom. The summed E-state index contributed by atoms with van der Waals surface area (Å²) in [5.41, 5.74) is 2.81. The van der Waals surface area contributed by atoms with E-state index < -0.39 is 6.10 Å². The standard InChI is InChI=1S/C21H20N2O4S/c1-13-3-6-16(7-4-13)27-14(2)20(24)23-21-22-17(12-28-21)15-5-8-18-19(11-15)26-10-9-25-18/h3-8,11-12,14H,9-10H2,1-2H3,(H,22,23,24). The van der Waals surface area contributed by atoms with E-state index in [1.54, 1.807) is 6.92 Å². The minimum Gasteiger partial charge on any atom is -0.486 e. The number of carbonyl (C=O) groups is 1. The molecule has 2 aromatic carbocycles. The highest BCUT2D eigenvalue weighted by Crippen LogP contribution is 2.35. The van der Waals surface area contributed by atoms with Crippen LogP contribution < -0.4 is 19.5 Å². The van der Waals surface area contributed by atoms with Crippen LogP contribution in [-0.4, -0.2) is 30.2 Å². The van der Waals surface area contributed by atoms with Crippen LogP contribution in [0.5, 0.6) is 17.2 Å². The second-order valence-corrected chi connectivity index (χ2v) is 7.32. The van der Waals surface area contributed by atoms with Gasteiger partial charge >= 0.3 is 0 Å². The number of aromatic nitrogens is 1. The molecule has 7 heteroatoms. The Morgan fingerprint density at radius 1 is 1.14 bits per heavy atom. The van der Waals surface area contributed by atoms with Crippen molar-refractivity contribution in [3.05, 3.63) is 53.4 Å². The van der Waals surface area contributed by atoms with Crippen LogP contribution in [0.1, 0.15) is 12.5 Å². The van der Waals surface area contributed by atoms with Crippen LogP contribution in [0.3, 0.4) is 0 Å². The molecule has 4 rings (SSSR count). The summed E-state index contributed by atoms with van der Waals surface area (Å²) >= 11 is 1.37. The zero-order valence-electron chi connectivity index (χ0n) is 15.6. The molecular weight excluding hydrogens is 376 g/mol. The van der Waals surface area contributed by atoms with Gasteiger partial charge in [0.25, 0.3) is 5.91 Å². The lowest BCUT2D eigenvalue weighted by Gasteiger charge is -2.18. The van der Waals surface area contributed by atoms with Gasteiger partial charge in [-0.25, -0.2) is 4.98 Å². The van der Waals surface area contributed by atoms with Crippen molar-refractivity contribution < 1.29 is 19.0 Å². The molecule has 0 radical (unpaired) electrons. The van der Waals surface area contributed by atoms with E-state index in [9.17, 15) is 4.79 Å². The summed E-state index contributed by atoms with van der Waals surface area (Å²) in [4.78, 5) is 16.9. The fourth-order valence-electron chi connectivity index (χ4n) is 2.75. The molecule has 0 saturated heterocycles. The highest BCUT2D eigenvalue weighted by Gasteiger charge is 2.18. The first kappa shape index (κ1) is 18.3. The molecule has 1 aliphatic heterocycles. The van der Waals surface area contributed by atoms with Crippen molar-refractivity contribution >= 4 is 22.4 Å². The third-order valence-corrected chi connectivity index (χ3v) is 5.03. The van der Waals surface area contributed by atoms with Gasteiger partial charge in [-0.15, -0.1) is 11.3 Å². The zero-order chi connectivity index (χ0) is 19.5. The van der Waals surface area contributed by atoms with Gasteiger partial charge in [0.2, 0.25) is 0 Å². The molecule has 0 fully saturated rings. The summed E-state index contributed by atoms with van der Waals surface area (Å²) < 4.78 is 16.8. The molecule has 2 heterocycles. The van der Waals surface area contributed by atoms with Crippen LogP contribution in [0.15, 0.2) is 47.8 Å². The Kier molecular flexibility index (Phi) is 5.16. The van der Waals surface area contributed by atoms with Crippen molar-refractivity contribution in [1.82, 2.24) is 4.98 Å². The van der Waals surface area contributed by atoms with Crippen molar-refractivity contribution in [2.45, 2.75) is 20.0 Å². The van der Waals surface area contributed by atoms with E-state index in [2.05, 4.69) is 10.3 Å². The van der Waals surface area contributed by atoms with Crippen LogP contribution in [0.4, 0.5) is 5.13 Å². The van der Waals surface area contributed by atoms with Gasteiger partial charge in [0, 0.05) is 10.9 Å². The zero-order valence-corrected chi connectivity index (χ0v) is 16.4. The number of hydrogen-bond acceptors (Lipinski definition) is 6. The number of aryl methyl sites for hydroxylation is 1. The predicted octanol–water partition coefficient (Wildman–Crippen LogP) is 4.30. The molecule has 0 saturated carbocycles. The Morgan fingerprint density at radius 3 is 2.68 bits per heavy atom. The van der Waals surface area contributed by atoms with Gasteiger partial charge in [-0.3, -0.25) is 10.1 Å². The minimum absolute atomic E-state index is 0.247. The molecule has 1 unspecified atom stereocenters. The van der Waals surface area contributed by atoms with Crippen molar-refractivity contribution in [3.8, 4) is 28.5 Å². The van der Waals surface area contributed by atoms with Crippen LogP contribution >= 0.6 is 11.3 Å². The van der Waals surface area contributed by atoms with E-state index in [1.807, 2.05) is 54.8 Å². The van der Waals surface area contributed by atoms with E-state index in [4.69, 9.17) is 14.2 Å². The average Bonchev–Trinajstić information content (AvgIpc) is 3.17. The highest BCUT2D eigenvalue weighted by molar-refractivity contribution is 7.14. The fourth-order valence-corrected chi connectivity index (χ4v) is 3.47. The lowest BCUT2D eigenvalue weighted by molar-refractivity contribution is -0.122. The maximum Gasteiger partial charge on any atom is 0.266 e. The molecule has 1 N–H and O–H groups in total. The molecular formula is C21H20N2O4S. The molecule has 1 aliphatic rings. The summed E-state index contributed by atoms with van der Waals surface area (Å²) in [6.45, 7) is 4.81. The molecule has 1 aromatic heterocycles. The largest absolute Gasteiger partial charge is 0.486 e. The Bertz CT molecular complexity index is 984. The Hall–Kier alpha value is -3.06. The van der Waals surface area contributed by atoms with Crippen molar-refractivity contribution in [2.75, 3.05) is 18.5 Å². The van der Waals surface area contributed by atoms with E-state index in [-0.39, 0.29) is 5.91 Å². The molecule has 3 aromatic rings. The first-order valence-corrected chi connectivity index (χ1v) is 9.86. The third kappa shape index (κ3) is 4.09. The number of nitrogens with zero attached hydrogens (tertiary/aromatic N) is 1. The fraction of sp³-hybridized carbons (Fsp3) is 0.238. The Labute approximate surface area is 167 Å². The van der Waals surface area contributed by atoms with E-state index in [0.717, 1.165) is 22.6 Å². The first-order chi connectivity index (χ1) is 13.6. The summed E-state index contributed by atoms with van der Waals surface area (Å²) in [6.07, 6.45) is -0.635. The topological polar surface area (TPSA) is 69.7 Å². The number of thiazole rings is 1. The number of amides is 1. The maximum absolute atomic E-state index is 12.4. The Balaban J connectivity index is 1.41. The lowest BCUT2D eigenvalue weighted by atomic mass is 10.1. The van der Waals surface area contributed by atoms with Gasteiger partial charge in [-0.1, -0.05) is 17.7 Å². The number of rotatable bonds is 5. The number of benzene rings is 2. The molecule has 0 spiro atoms. The molecule has 144 valence electrons. The van der Waals surface area contributed by atoms with Gasteiger partial charge in [0.05, 0.1) is 5.69 Å². The van der Waals surface area contributed by atoms with Gasteiger partial charge in [0.15, 0.2) is 22.7 Å². The third-order valence-electron chi connectivity index (χ3n) is 4.28. The van der Waals surface area contributed by atoms with Crippen LogP contribution in [0.2, 0.25) is 0 Å². The molecule has 28 heavy (non-hydrogen) atoms. The summed E-state index contributed by atoms with van der Waals surface area (Å²) in [6, 6.07) is 13.3. The van der Waals surface area contributed by atoms with Gasteiger partial charge < -0.3 is 14.2 Å². The molecule has 0 bridgehead atoms. The smallest absolute Gasteiger partial charge is 0.266 e. The van der Waals surface area contributed by atoms with Crippen LogP contribution in [-0.2, 0) is 4.79 Å². The molecule has 6 nitrogen and oxygen atoms in total. The summed E-state index contributed by atoms with van der Waals surface area (Å²) in [5.74, 6) is 1.86. The minimum atomic E-state index is -0.635. The van der Waals surface area contributed by atoms with Gasteiger partial charge in [-0.05, 0) is 44.2 Å². The average molecular weight is 396 g/mol. The summed E-state index contributed by atoms with van der Waals surface area (Å²) in [5, 5.41) is 5.23. The lowest BCUT2D eigenvalue weighted by Crippen LogP contribution is -2.30. The SMILES string of the molecule is Cc1ccc(OC(C)C(=O)Nc2nc(-c3ccc4c(c3)OCCO4)cs2)cc1.